The maximum Gasteiger partial charge on any atom is 0.163 e. The lowest BCUT2D eigenvalue weighted by molar-refractivity contribution is -0.0952. The molecule has 31 heavy (non-hydrogen) atoms. The van der Waals surface area contributed by atoms with Gasteiger partial charge in [-0.3, -0.25) is 0 Å². The van der Waals surface area contributed by atoms with Gasteiger partial charge in [-0.25, -0.2) is 0 Å². The Labute approximate surface area is 186 Å². The first-order valence-corrected chi connectivity index (χ1v) is 11.4. The monoisotopic (exact) mass is 417 g/mol. The van der Waals surface area contributed by atoms with Gasteiger partial charge < -0.3 is 15.2 Å². The Morgan fingerprint density at radius 1 is 1.29 bits per heavy atom. The SMILES string of the molecule is C=CC1NC2=C(C)/C(=C\C(C)CC)C(C)(C)c3c2c(cc2ccccc32)C1C(O)OC. The Morgan fingerprint density at radius 3 is 2.65 bits per heavy atom. The van der Waals surface area contributed by atoms with Crippen LogP contribution in [0.1, 0.15) is 63.6 Å². The zero-order chi connectivity index (χ0) is 22.5. The van der Waals surface area contributed by atoms with Gasteiger partial charge in [-0.15, -0.1) is 6.58 Å². The first kappa shape index (κ1) is 21.9. The van der Waals surface area contributed by atoms with Crippen LogP contribution in [0.15, 0.2) is 60.2 Å². The molecule has 4 unspecified atom stereocenters. The van der Waals surface area contributed by atoms with Crippen molar-refractivity contribution in [2.45, 2.75) is 64.7 Å². The summed E-state index contributed by atoms with van der Waals surface area (Å²) in [6, 6.07) is 10.7. The van der Waals surface area contributed by atoms with Gasteiger partial charge in [0, 0.05) is 23.8 Å². The van der Waals surface area contributed by atoms with Crippen molar-refractivity contribution >= 4 is 16.5 Å². The molecule has 3 nitrogen and oxygen atoms in total. The van der Waals surface area contributed by atoms with E-state index in [9.17, 15) is 5.11 Å². The fourth-order valence-electron chi connectivity index (χ4n) is 5.53. The number of fused-ring (bicyclic) bond motifs is 2. The Balaban J connectivity index is 2.15. The molecule has 0 spiro atoms. The van der Waals surface area contributed by atoms with Gasteiger partial charge in [0.1, 0.15) is 0 Å². The Kier molecular flexibility index (Phi) is 5.61. The number of hydrogen-bond acceptors (Lipinski definition) is 3. The Morgan fingerprint density at radius 2 is 2.00 bits per heavy atom. The molecule has 1 aliphatic carbocycles. The van der Waals surface area contributed by atoms with Gasteiger partial charge in [0.05, 0.1) is 12.0 Å². The number of nitrogens with one attached hydrogen (secondary N) is 1. The molecule has 164 valence electrons. The van der Waals surface area contributed by atoms with Crippen molar-refractivity contribution in [2.75, 3.05) is 7.11 Å². The summed E-state index contributed by atoms with van der Waals surface area (Å²) in [6.45, 7) is 15.5. The van der Waals surface area contributed by atoms with Crippen molar-refractivity contribution in [3.8, 4) is 0 Å². The molecular formula is C28H35NO2. The van der Waals surface area contributed by atoms with Crippen molar-refractivity contribution < 1.29 is 9.84 Å². The lowest BCUT2D eigenvalue weighted by Crippen LogP contribution is -2.46. The highest BCUT2D eigenvalue weighted by Crippen LogP contribution is 2.53. The third-order valence-electron chi connectivity index (χ3n) is 7.36. The van der Waals surface area contributed by atoms with Crippen molar-refractivity contribution in [3.63, 3.8) is 0 Å². The predicted molar refractivity (Wildman–Crippen MR) is 130 cm³/mol. The van der Waals surface area contributed by atoms with Crippen LogP contribution in [0.2, 0.25) is 0 Å². The molecule has 2 N–H and O–H groups in total. The van der Waals surface area contributed by atoms with Gasteiger partial charge >= 0.3 is 0 Å². The minimum atomic E-state index is -0.914. The highest BCUT2D eigenvalue weighted by Gasteiger charge is 2.44. The van der Waals surface area contributed by atoms with E-state index in [1.54, 1.807) is 7.11 Å². The van der Waals surface area contributed by atoms with E-state index in [4.69, 9.17) is 4.74 Å². The molecule has 1 aliphatic heterocycles. The van der Waals surface area contributed by atoms with E-state index in [2.05, 4.69) is 82.9 Å². The van der Waals surface area contributed by atoms with Gasteiger partial charge in [0.25, 0.3) is 0 Å². The summed E-state index contributed by atoms with van der Waals surface area (Å²) in [5.41, 5.74) is 7.36. The molecule has 1 heterocycles. The zero-order valence-corrected chi connectivity index (χ0v) is 19.6. The largest absolute Gasteiger partial charge is 0.377 e. The molecule has 0 radical (unpaired) electrons. The topological polar surface area (TPSA) is 41.5 Å². The molecule has 0 fully saturated rings. The summed E-state index contributed by atoms with van der Waals surface area (Å²) >= 11 is 0. The maximum atomic E-state index is 10.8. The first-order chi connectivity index (χ1) is 14.8. The average Bonchev–Trinajstić information content (AvgIpc) is 2.77. The number of ether oxygens (including phenoxy) is 1. The second-order valence-corrected chi connectivity index (χ2v) is 9.59. The molecule has 0 saturated carbocycles. The lowest BCUT2D eigenvalue weighted by Gasteiger charge is -2.46. The summed E-state index contributed by atoms with van der Waals surface area (Å²) in [4.78, 5) is 0. The first-order valence-electron chi connectivity index (χ1n) is 11.4. The van der Waals surface area contributed by atoms with Crippen LogP contribution in [-0.4, -0.2) is 24.5 Å². The van der Waals surface area contributed by atoms with E-state index in [1.807, 2.05) is 6.08 Å². The summed E-state index contributed by atoms with van der Waals surface area (Å²) in [5.74, 6) is 0.274. The second kappa shape index (κ2) is 7.96. The van der Waals surface area contributed by atoms with Gasteiger partial charge in [-0.05, 0) is 52.0 Å². The Hall–Kier alpha value is -2.36. The van der Waals surface area contributed by atoms with Crippen LogP contribution >= 0.6 is 0 Å². The average molecular weight is 418 g/mol. The van der Waals surface area contributed by atoms with Crippen LogP contribution in [0.5, 0.6) is 0 Å². The van der Waals surface area contributed by atoms with Crippen LogP contribution in [0, 0.1) is 5.92 Å². The van der Waals surface area contributed by atoms with E-state index in [0.29, 0.717) is 5.92 Å². The van der Waals surface area contributed by atoms with Crippen LogP contribution in [0.25, 0.3) is 16.5 Å². The van der Waals surface area contributed by atoms with Crippen LogP contribution < -0.4 is 5.32 Å². The molecule has 0 aromatic heterocycles. The van der Waals surface area contributed by atoms with E-state index in [-0.39, 0.29) is 17.4 Å². The summed E-state index contributed by atoms with van der Waals surface area (Å²) in [5, 5.41) is 17.0. The zero-order valence-electron chi connectivity index (χ0n) is 19.6. The predicted octanol–water partition coefficient (Wildman–Crippen LogP) is 6.04. The number of methoxy groups -OCH3 is 1. The third kappa shape index (κ3) is 3.26. The molecule has 0 bridgehead atoms. The van der Waals surface area contributed by atoms with Crippen molar-refractivity contribution in [2.24, 2.45) is 5.92 Å². The van der Waals surface area contributed by atoms with Crippen molar-refractivity contribution in [1.29, 1.82) is 0 Å². The summed E-state index contributed by atoms with van der Waals surface area (Å²) in [7, 11) is 1.56. The fraction of sp³-hybridized carbons (Fsp3) is 0.429. The van der Waals surface area contributed by atoms with Crippen molar-refractivity contribution in [3.05, 3.63) is 76.9 Å². The molecule has 0 amide bonds. The van der Waals surface area contributed by atoms with Gasteiger partial charge in [0.15, 0.2) is 6.29 Å². The smallest absolute Gasteiger partial charge is 0.163 e. The summed E-state index contributed by atoms with van der Waals surface area (Å²) < 4.78 is 5.42. The molecular weight excluding hydrogens is 382 g/mol. The van der Waals surface area contributed by atoms with E-state index < -0.39 is 6.29 Å². The highest BCUT2D eigenvalue weighted by molar-refractivity contribution is 5.97. The Bertz CT molecular complexity index is 1090. The second-order valence-electron chi connectivity index (χ2n) is 9.59. The summed E-state index contributed by atoms with van der Waals surface area (Å²) in [6.07, 6.45) is 4.54. The maximum absolute atomic E-state index is 10.8. The molecule has 0 saturated heterocycles. The van der Waals surface area contributed by atoms with E-state index in [1.165, 1.54) is 33.0 Å². The third-order valence-corrected chi connectivity index (χ3v) is 7.36. The van der Waals surface area contributed by atoms with Crippen LogP contribution in [0.3, 0.4) is 0 Å². The molecule has 4 rings (SSSR count). The fourth-order valence-corrected chi connectivity index (χ4v) is 5.53. The minimum Gasteiger partial charge on any atom is -0.377 e. The molecule has 4 atom stereocenters. The lowest BCUT2D eigenvalue weighted by atomic mass is 9.63. The van der Waals surface area contributed by atoms with Crippen LogP contribution in [0.4, 0.5) is 0 Å². The van der Waals surface area contributed by atoms with E-state index in [0.717, 1.165) is 17.7 Å². The molecule has 2 aromatic rings. The standard InChI is InChI=1S/C28H35NO2/c1-8-16(3)14-21-17(4)26-24-20(23(27(30)31-7)22(9-2)29-26)15-18-12-10-11-13-19(18)25(24)28(21,5)6/h9-16,22-23,27,29-30H,2,8H2,1,3-7H3/b21-14+. The number of rotatable bonds is 5. The minimum absolute atomic E-state index is 0.118. The van der Waals surface area contributed by atoms with Gasteiger partial charge in [-0.2, -0.15) is 0 Å². The van der Waals surface area contributed by atoms with Gasteiger partial charge in [-0.1, -0.05) is 70.5 Å². The number of aliphatic hydroxyl groups is 1. The number of benzene rings is 2. The highest BCUT2D eigenvalue weighted by atomic mass is 16.6. The molecule has 3 heteroatoms. The number of aliphatic hydroxyl groups excluding tert-OH is 1. The normalized spacial score (nSPS) is 25.2. The van der Waals surface area contributed by atoms with E-state index >= 15 is 0 Å². The number of allylic oxidation sites excluding steroid dienone is 3. The molecule has 2 aliphatic rings. The van der Waals surface area contributed by atoms with Gasteiger partial charge in [0.2, 0.25) is 0 Å². The van der Waals surface area contributed by atoms with Crippen molar-refractivity contribution in [1.82, 2.24) is 5.32 Å². The van der Waals surface area contributed by atoms with Crippen LogP contribution in [-0.2, 0) is 10.2 Å². The quantitative estimate of drug-likeness (QED) is 0.460. The number of hydrogen-bond donors (Lipinski definition) is 2. The molecule has 2 aromatic carbocycles.